The molecule has 1 aromatic carbocycles. The number of nitrogens with one attached hydrogen (secondary N) is 1. The van der Waals surface area contributed by atoms with E-state index in [1.165, 1.54) is 12.1 Å². The third-order valence-corrected chi connectivity index (χ3v) is 5.32. The van der Waals surface area contributed by atoms with E-state index in [0.29, 0.717) is 12.8 Å². The van der Waals surface area contributed by atoms with Crippen LogP contribution < -0.4 is 5.32 Å². The van der Waals surface area contributed by atoms with Crippen LogP contribution in [0.15, 0.2) is 24.3 Å². The molecule has 1 aliphatic heterocycles. The van der Waals surface area contributed by atoms with E-state index in [9.17, 15) is 8.42 Å². The summed E-state index contributed by atoms with van der Waals surface area (Å²) in [5.41, 5.74) is 0.737. The Morgan fingerprint density at radius 1 is 1.18 bits per heavy atom. The second-order valence-electron chi connectivity index (χ2n) is 4.42. The number of rotatable bonds is 3. The Morgan fingerprint density at radius 2 is 1.76 bits per heavy atom. The fraction of sp³-hybridized carbons (Fsp3) is 0.500. The van der Waals surface area contributed by atoms with Crippen molar-refractivity contribution in [2.45, 2.75) is 23.8 Å². The number of hydrogen-bond donors (Lipinski definition) is 2. The van der Waals surface area contributed by atoms with Crippen LogP contribution in [0.4, 0.5) is 0 Å². The van der Waals surface area contributed by atoms with Gasteiger partial charge in [-0.05, 0) is 43.6 Å². The van der Waals surface area contributed by atoms with Crippen LogP contribution in [-0.2, 0) is 15.6 Å². The van der Waals surface area contributed by atoms with Crippen LogP contribution >= 0.6 is 0 Å². The Bertz CT molecular complexity index is 461. The summed E-state index contributed by atoms with van der Waals surface area (Å²) in [5.74, 6) is 0.228. The molecule has 2 rings (SSSR count). The number of piperidine rings is 1. The summed E-state index contributed by atoms with van der Waals surface area (Å²) in [6.45, 7) is 1.55. The summed E-state index contributed by atoms with van der Waals surface area (Å²) >= 11 is 0. The maximum Gasteiger partial charge on any atom is 0.157 e. The van der Waals surface area contributed by atoms with Gasteiger partial charge in [-0.25, -0.2) is 8.42 Å². The quantitative estimate of drug-likeness (QED) is 0.847. The first-order chi connectivity index (χ1) is 8.08. The van der Waals surface area contributed by atoms with Gasteiger partial charge in [0.1, 0.15) is 5.75 Å². The first-order valence-electron chi connectivity index (χ1n) is 5.78. The lowest BCUT2D eigenvalue weighted by molar-refractivity contribution is 0.475. The molecule has 0 saturated carbocycles. The van der Waals surface area contributed by atoms with Crippen molar-refractivity contribution < 1.29 is 13.5 Å². The zero-order valence-corrected chi connectivity index (χ0v) is 10.4. The van der Waals surface area contributed by atoms with Crippen LogP contribution in [0.5, 0.6) is 5.75 Å². The zero-order valence-electron chi connectivity index (χ0n) is 9.59. The summed E-state index contributed by atoms with van der Waals surface area (Å²) in [4.78, 5) is 0. The number of benzene rings is 1. The maximum atomic E-state index is 12.1. The molecule has 4 nitrogen and oxygen atoms in total. The number of aromatic hydroxyl groups is 1. The van der Waals surface area contributed by atoms with Crippen molar-refractivity contribution in [3.63, 3.8) is 0 Å². The van der Waals surface area contributed by atoms with Crippen molar-refractivity contribution in [2.24, 2.45) is 0 Å². The lowest BCUT2D eigenvalue weighted by Crippen LogP contribution is -2.36. The van der Waals surface area contributed by atoms with E-state index in [2.05, 4.69) is 5.32 Å². The molecular weight excluding hydrogens is 238 g/mol. The van der Waals surface area contributed by atoms with Gasteiger partial charge in [-0.15, -0.1) is 0 Å². The monoisotopic (exact) mass is 255 g/mol. The number of phenols is 1. The molecule has 2 N–H and O–H groups in total. The normalized spacial score (nSPS) is 18.1. The van der Waals surface area contributed by atoms with E-state index < -0.39 is 9.84 Å². The van der Waals surface area contributed by atoms with Crippen LogP contribution in [0.1, 0.15) is 18.4 Å². The molecule has 1 heterocycles. The number of sulfone groups is 1. The average molecular weight is 255 g/mol. The van der Waals surface area contributed by atoms with Gasteiger partial charge in [0.2, 0.25) is 0 Å². The van der Waals surface area contributed by atoms with E-state index in [1.54, 1.807) is 12.1 Å². The van der Waals surface area contributed by atoms with Crippen molar-refractivity contribution in [3.05, 3.63) is 29.8 Å². The largest absolute Gasteiger partial charge is 0.508 e. The first-order valence-corrected chi connectivity index (χ1v) is 7.50. The highest BCUT2D eigenvalue weighted by molar-refractivity contribution is 7.91. The highest BCUT2D eigenvalue weighted by Crippen LogP contribution is 2.19. The van der Waals surface area contributed by atoms with Gasteiger partial charge in [-0.3, -0.25) is 0 Å². The van der Waals surface area contributed by atoms with Crippen LogP contribution in [0.2, 0.25) is 0 Å². The van der Waals surface area contributed by atoms with E-state index >= 15 is 0 Å². The van der Waals surface area contributed by atoms with Gasteiger partial charge in [-0.2, -0.15) is 0 Å². The van der Waals surface area contributed by atoms with Gasteiger partial charge in [0, 0.05) is 0 Å². The molecule has 1 aromatic rings. The van der Waals surface area contributed by atoms with Crippen molar-refractivity contribution in [2.75, 3.05) is 13.1 Å². The predicted octanol–water partition coefficient (Wildman–Crippen LogP) is 1.06. The summed E-state index contributed by atoms with van der Waals surface area (Å²) in [6.07, 6.45) is 1.39. The van der Waals surface area contributed by atoms with E-state index in [4.69, 9.17) is 5.11 Å². The Balaban J connectivity index is 2.08. The Labute approximate surface area is 102 Å². The second kappa shape index (κ2) is 5.06. The summed E-state index contributed by atoms with van der Waals surface area (Å²) in [6, 6.07) is 6.36. The summed E-state index contributed by atoms with van der Waals surface area (Å²) in [5, 5.41) is 12.1. The van der Waals surface area contributed by atoms with Crippen molar-refractivity contribution >= 4 is 9.84 Å². The molecule has 5 heteroatoms. The smallest absolute Gasteiger partial charge is 0.157 e. The van der Waals surface area contributed by atoms with Gasteiger partial charge in [0.25, 0.3) is 0 Å². The Kier molecular flexibility index (Phi) is 3.69. The van der Waals surface area contributed by atoms with Crippen LogP contribution in [-0.4, -0.2) is 31.9 Å². The van der Waals surface area contributed by atoms with Gasteiger partial charge >= 0.3 is 0 Å². The number of hydrogen-bond acceptors (Lipinski definition) is 4. The Morgan fingerprint density at radius 3 is 2.35 bits per heavy atom. The van der Waals surface area contributed by atoms with Gasteiger partial charge in [0.05, 0.1) is 11.0 Å². The highest BCUT2D eigenvalue weighted by atomic mass is 32.2. The molecule has 0 radical (unpaired) electrons. The third kappa shape index (κ3) is 3.20. The van der Waals surface area contributed by atoms with E-state index in [-0.39, 0.29) is 16.8 Å². The summed E-state index contributed by atoms with van der Waals surface area (Å²) < 4.78 is 24.3. The fourth-order valence-corrected chi connectivity index (χ4v) is 3.94. The SMILES string of the molecule is O=S(=O)(Cc1ccc(O)cc1)C1CCNCC1. The molecule has 0 atom stereocenters. The lowest BCUT2D eigenvalue weighted by atomic mass is 10.2. The molecule has 17 heavy (non-hydrogen) atoms. The first kappa shape index (κ1) is 12.4. The highest BCUT2D eigenvalue weighted by Gasteiger charge is 2.27. The minimum absolute atomic E-state index is 0.0674. The molecule has 0 unspecified atom stereocenters. The molecule has 94 valence electrons. The average Bonchev–Trinajstić information content (AvgIpc) is 2.33. The maximum absolute atomic E-state index is 12.1. The van der Waals surface area contributed by atoms with Gasteiger partial charge in [-0.1, -0.05) is 12.1 Å². The number of phenolic OH excluding ortho intramolecular Hbond substituents is 1. The van der Waals surface area contributed by atoms with Crippen LogP contribution in [0, 0.1) is 0 Å². The zero-order chi connectivity index (χ0) is 12.3. The molecule has 0 aliphatic carbocycles. The summed E-state index contributed by atoms with van der Waals surface area (Å²) in [7, 11) is -3.07. The Hall–Kier alpha value is -1.07. The molecule has 0 amide bonds. The molecule has 1 saturated heterocycles. The molecule has 1 aliphatic rings. The van der Waals surface area contributed by atoms with Crippen molar-refractivity contribution in [1.82, 2.24) is 5.32 Å². The van der Waals surface area contributed by atoms with Gasteiger partial charge < -0.3 is 10.4 Å². The fourth-order valence-electron chi connectivity index (χ4n) is 2.10. The molecule has 0 aromatic heterocycles. The molecule has 1 fully saturated rings. The molecule has 0 spiro atoms. The third-order valence-electron chi connectivity index (χ3n) is 3.10. The van der Waals surface area contributed by atoms with Crippen LogP contribution in [0.3, 0.4) is 0 Å². The van der Waals surface area contributed by atoms with Crippen molar-refractivity contribution in [3.8, 4) is 5.75 Å². The predicted molar refractivity (Wildman–Crippen MR) is 66.6 cm³/mol. The van der Waals surface area contributed by atoms with E-state index in [1.807, 2.05) is 0 Å². The lowest BCUT2D eigenvalue weighted by Gasteiger charge is -2.22. The van der Waals surface area contributed by atoms with Crippen LogP contribution in [0.25, 0.3) is 0 Å². The molecular formula is C12H17NO3S. The topological polar surface area (TPSA) is 66.4 Å². The minimum atomic E-state index is -3.07. The molecule has 0 bridgehead atoms. The second-order valence-corrected chi connectivity index (χ2v) is 6.70. The van der Waals surface area contributed by atoms with Gasteiger partial charge in [0.15, 0.2) is 9.84 Å². The van der Waals surface area contributed by atoms with E-state index in [0.717, 1.165) is 18.7 Å². The van der Waals surface area contributed by atoms with Crippen molar-refractivity contribution in [1.29, 1.82) is 0 Å². The standard InChI is InChI=1S/C12H17NO3S/c14-11-3-1-10(2-4-11)9-17(15,16)12-5-7-13-8-6-12/h1-4,12-14H,5-9H2. The minimum Gasteiger partial charge on any atom is -0.508 e.